The number of aliphatic hydroxyl groups is 1. The lowest BCUT2D eigenvalue weighted by Gasteiger charge is -2.46. The van der Waals surface area contributed by atoms with Crippen molar-refractivity contribution in [2.75, 3.05) is 38.3 Å². The van der Waals surface area contributed by atoms with E-state index in [1.165, 1.54) is 0 Å². The number of aliphatic hydroxyl groups excluding tert-OH is 1. The SMILES string of the molecule is [C-]#[N+]c1ccc([C@@H](CO)N2CCN(c3ccc(C#N)cc3Cl)[C@H](c3cccc(OC)c3)C2)cc1. The lowest BCUT2D eigenvalue weighted by molar-refractivity contribution is 0.103. The van der Waals surface area contributed by atoms with E-state index in [0.717, 1.165) is 22.6 Å². The second-order valence-electron chi connectivity index (χ2n) is 8.16. The van der Waals surface area contributed by atoms with Crippen molar-refractivity contribution >= 4 is 23.0 Å². The van der Waals surface area contributed by atoms with Crippen LogP contribution in [0.25, 0.3) is 4.85 Å². The van der Waals surface area contributed by atoms with Crippen LogP contribution >= 0.6 is 11.6 Å². The van der Waals surface area contributed by atoms with E-state index in [9.17, 15) is 10.4 Å². The number of halogens is 1. The first-order chi connectivity index (χ1) is 16.6. The third-order valence-corrected chi connectivity index (χ3v) is 6.60. The Balaban J connectivity index is 1.70. The van der Waals surface area contributed by atoms with Gasteiger partial charge >= 0.3 is 0 Å². The van der Waals surface area contributed by atoms with E-state index in [2.05, 4.69) is 26.8 Å². The maximum absolute atomic E-state index is 10.3. The molecule has 7 heteroatoms. The number of nitrogens with zero attached hydrogens (tertiary/aromatic N) is 4. The summed E-state index contributed by atoms with van der Waals surface area (Å²) in [5.74, 6) is 0.772. The first-order valence-corrected chi connectivity index (χ1v) is 11.4. The maximum atomic E-state index is 10.3. The van der Waals surface area contributed by atoms with Gasteiger partial charge in [0.2, 0.25) is 0 Å². The van der Waals surface area contributed by atoms with Crippen LogP contribution < -0.4 is 9.64 Å². The molecule has 172 valence electrons. The number of rotatable bonds is 6. The number of benzene rings is 3. The van der Waals surface area contributed by atoms with Gasteiger partial charge in [-0.15, -0.1) is 0 Å². The van der Waals surface area contributed by atoms with Crippen molar-refractivity contribution in [2.45, 2.75) is 12.1 Å². The molecule has 0 bridgehead atoms. The van der Waals surface area contributed by atoms with Crippen LogP contribution in [0.15, 0.2) is 66.7 Å². The Morgan fingerprint density at radius 2 is 1.97 bits per heavy atom. The smallest absolute Gasteiger partial charge is 0.187 e. The molecule has 3 aromatic carbocycles. The summed E-state index contributed by atoms with van der Waals surface area (Å²) < 4.78 is 5.47. The van der Waals surface area contributed by atoms with E-state index in [1.54, 1.807) is 31.4 Å². The summed E-state index contributed by atoms with van der Waals surface area (Å²) >= 11 is 6.61. The monoisotopic (exact) mass is 472 g/mol. The number of nitriles is 1. The molecular formula is C27H25ClN4O2. The second kappa shape index (κ2) is 10.6. The summed E-state index contributed by atoms with van der Waals surface area (Å²) in [5, 5.41) is 20.1. The highest BCUT2D eigenvalue weighted by atomic mass is 35.5. The molecule has 0 spiro atoms. The molecule has 1 N–H and O–H groups in total. The van der Waals surface area contributed by atoms with Gasteiger partial charge in [-0.2, -0.15) is 5.26 Å². The fourth-order valence-corrected chi connectivity index (χ4v) is 4.81. The Kier molecular flexibility index (Phi) is 7.35. The van der Waals surface area contributed by atoms with Gasteiger partial charge in [0.15, 0.2) is 5.69 Å². The molecule has 1 heterocycles. The highest BCUT2D eigenvalue weighted by Gasteiger charge is 2.33. The van der Waals surface area contributed by atoms with Gasteiger partial charge in [-0.25, -0.2) is 4.85 Å². The molecule has 1 saturated heterocycles. The van der Waals surface area contributed by atoms with Gasteiger partial charge in [-0.1, -0.05) is 48.0 Å². The Bertz CT molecular complexity index is 1230. The van der Waals surface area contributed by atoms with Gasteiger partial charge in [0, 0.05) is 19.6 Å². The minimum atomic E-state index is -0.188. The molecule has 0 saturated carbocycles. The molecule has 34 heavy (non-hydrogen) atoms. The molecule has 1 aliphatic heterocycles. The lowest BCUT2D eigenvalue weighted by atomic mass is 9.97. The molecule has 4 rings (SSSR count). The van der Waals surface area contributed by atoms with E-state index in [4.69, 9.17) is 22.9 Å². The Morgan fingerprint density at radius 1 is 1.18 bits per heavy atom. The van der Waals surface area contributed by atoms with Crippen molar-refractivity contribution in [3.8, 4) is 11.8 Å². The minimum Gasteiger partial charge on any atom is -0.497 e. The average Bonchev–Trinajstić information content (AvgIpc) is 2.89. The van der Waals surface area contributed by atoms with Gasteiger partial charge in [-0.05, 0) is 41.5 Å². The Labute approximate surface area is 205 Å². The zero-order valence-electron chi connectivity index (χ0n) is 18.9. The number of methoxy groups -OCH3 is 1. The number of hydrogen-bond donors (Lipinski definition) is 1. The lowest BCUT2D eigenvalue weighted by Crippen LogP contribution is -2.50. The first-order valence-electron chi connectivity index (χ1n) is 11.0. The topological polar surface area (TPSA) is 64.1 Å². The van der Waals surface area contributed by atoms with Crippen molar-refractivity contribution in [1.82, 2.24) is 4.90 Å². The van der Waals surface area contributed by atoms with Crippen LogP contribution in [0.5, 0.6) is 5.75 Å². The number of piperazine rings is 1. The molecule has 0 radical (unpaired) electrons. The number of anilines is 1. The Hall–Kier alpha value is -3.55. The molecule has 1 aliphatic rings. The predicted octanol–water partition coefficient (Wildman–Crippen LogP) is 5.37. The molecule has 2 atom stereocenters. The fourth-order valence-electron chi connectivity index (χ4n) is 4.52. The second-order valence-corrected chi connectivity index (χ2v) is 8.57. The highest BCUT2D eigenvalue weighted by molar-refractivity contribution is 6.33. The van der Waals surface area contributed by atoms with Gasteiger partial charge < -0.3 is 14.7 Å². The summed E-state index contributed by atoms with van der Waals surface area (Å²) in [6, 6.07) is 22.7. The molecule has 1 fully saturated rings. The van der Waals surface area contributed by atoms with Gasteiger partial charge in [0.1, 0.15) is 5.75 Å². The standard InChI is InChI=1S/C27H25ClN4O2/c1-30-22-9-7-20(8-10-22)27(18-33)31-12-13-32(25-11-6-19(16-29)14-24(25)28)26(17-31)21-4-3-5-23(15-21)34-2/h3-11,14-15,26-27,33H,12-13,17-18H2,2H3/t26-,27+/m0/s1. The Morgan fingerprint density at radius 3 is 2.62 bits per heavy atom. The van der Waals surface area contributed by atoms with E-state index < -0.39 is 0 Å². The van der Waals surface area contributed by atoms with Gasteiger partial charge in [-0.3, -0.25) is 4.90 Å². The van der Waals surface area contributed by atoms with E-state index >= 15 is 0 Å². The van der Waals surface area contributed by atoms with Crippen LogP contribution in [0.2, 0.25) is 5.02 Å². The maximum Gasteiger partial charge on any atom is 0.187 e. The molecule has 3 aromatic rings. The normalized spacial score (nSPS) is 17.0. The molecule has 0 unspecified atom stereocenters. The van der Waals surface area contributed by atoms with Gasteiger partial charge in [0.25, 0.3) is 0 Å². The zero-order valence-corrected chi connectivity index (χ0v) is 19.6. The summed E-state index contributed by atoms with van der Waals surface area (Å²) in [7, 11) is 1.65. The van der Waals surface area contributed by atoms with Crippen molar-refractivity contribution < 1.29 is 9.84 Å². The fraction of sp³-hybridized carbons (Fsp3) is 0.259. The molecule has 0 amide bonds. The molecular weight excluding hydrogens is 448 g/mol. The third kappa shape index (κ3) is 4.85. The van der Waals surface area contributed by atoms with Crippen LogP contribution in [0.1, 0.15) is 28.8 Å². The number of hydrogen-bond acceptors (Lipinski definition) is 5. The largest absolute Gasteiger partial charge is 0.497 e. The summed E-state index contributed by atoms with van der Waals surface area (Å²) in [4.78, 5) is 7.99. The van der Waals surface area contributed by atoms with Crippen LogP contribution in [0, 0.1) is 17.9 Å². The van der Waals surface area contributed by atoms with Crippen LogP contribution in [-0.2, 0) is 0 Å². The van der Waals surface area contributed by atoms with Crippen LogP contribution in [0.4, 0.5) is 11.4 Å². The van der Waals surface area contributed by atoms with E-state index in [-0.39, 0.29) is 18.7 Å². The van der Waals surface area contributed by atoms with Crippen molar-refractivity contribution in [3.05, 3.63) is 99.9 Å². The number of ether oxygens (including phenoxy) is 1. The van der Waals surface area contributed by atoms with Crippen molar-refractivity contribution in [1.29, 1.82) is 5.26 Å². The quantitative estimate of drug-likeness (QED) is 0.489. The highest BCUT2D eigenvalue weighted by Crippen LogP contribution is 2.38. The summed E-state index contributed by atoms with van der Waals surface area (Å²) in [6.07, 6.45) is 0. The van der Waals surface area contributed by atoms with Gasteiger partial charge in [0.05, 0.1) is 54.7 Å². The van der Waals surface area contributed by atoms with E-state index in [1.807, 2.05) is 36.4 Å². The summed E-state index contributed by atoms with van der Waals surface area (Å²) in [5.41, 5.74) is 4.02. The van der Waals surface area contributed by atoms with E-state index in [0.29, 0.717) is 35.9 Å². The van der Waals surface area contributed by atoms with Crippen LogP contribution in [0.3, 0.4) is 0 Å². The zero-order chi connectivity index (χ0) is 24.1. The predicted molar refractivity (Wildman–Crippen MR) is 133 cm³/mol. The molecule has 6 nitrogen and oxygen atoms in total. The third-order valence-electron chi connectivity index (χ3n) is 6.30. The minimum absolute atomic E-state index is 0.0280. The molecule has 0 aliphatic carbocycles. The summed E-state index contributed by atoms with van der Waals surface area (Å²) in [6.45, 7) is 9.21. The van der Waals surface area contributed by atoms with Crippen molar-refractivity contribution in [3.63, 3.8) is 0 Å². The van der Waals surface area contributed by atoms with Crippen molar-refractivity contribution in [2.24, 2.45) is 0 Å². The first kappa shape index (κ1) is 23.6. The average molecular weight is 473 g/mol. The van der Waals surface area contributed by atoms with Crippen LogP contribution in [-0.4, -0.2) is 43.4 Å². The molecule has 0 aromatic heterocycles.